The monoisotopic (exact) mass is 599 g/mol. The summed E-state index contributed by atoms with van der Waals surface area (Å²) in [6, 6.07) is 14.7. The lowest BCUT2D eigenvalue weighted by molar-refractivity contribution is -0.132. The molecule has 2 aromatic carbocycles. The second kappa shape index (κ2) is 14.4. The Bertz CT molecular complexity index is 1520. The van der Waals surface area contributed by atoms with E-state index in [4.69, 9.17) is 14.2 Å². The first kappa shape index (κ1) is 30.3. The van der Waals surface area contributed by atoms with Crippen molar-refractivity contribution in [2.24, 2.45) is 0 Å². The van der Waals surface area contributed by atoms with Crippen molar-refractivity contribution in [3.8, 4) is 23.1 Å². The number of hydrogen-bond donors (Lipinski definition) is 1. The highest BCUT2D eigenvalue weighted by atomic mass is 16.5. The summed E-state index contributed by atoms with van der Waals surface area (Å²) in [6.45, 7) is 1.87. The van der Waals surface area contributed by atoms with Crippen molar-refractivity contribution in [2.45, 2.75) is 25.3 Å². The molecule has 1 atom stereocenters. The molecule has 12 heteroatoms. The van der Waals surface area contributed by atoms with Gasteiger partial charge in [-0.1, -0.05) is 12.1 Å². The Hall–Kier alpha value is -5.13. The first-order chi connectivity index (χ1) is 21.4. The second-order valence-corrected chi connectivity index (χ2v) is 10.4. The molecule has 0 radical (unpaired) electrons. The minimum absolute atomic E-state index is 0.00832. The van der Waals surface area contributed by atoms with Gasteiger partial charge in [-0.25, -0.2) is 15.0 Å². The maximum atomic E-state index is 13.4. The first-order valence-corrected chi connectivity index (χ1v) is 14.4. The smallest absolute Gasteiger partial charge is 0.227 e. The molecule has 1 saturated heterocycles. The maximum absolute atomic E-state index is 13.4. The number of anilines is 1. The number of nitrogens with zero attached hydrogens (tertiary/aromatic N) is 6. The Morgan fingerprint density at radius 1 is 0.886 bits per heavy atom. The Morgan fingerprint density at radius 2 is 1.61 bits per heavy atom. The van der Waals surface area contributed by atoms with Crippen LogP contribution in [0.25, 0.3) is 5.82 Å². The van der Waals surface area contributed by atoms with Crippen molar-refractivity contribution in [1.82, 2.24) is 29.7 Å². The zero-order valence-corrected chi connectivity index (χ0v) is 25.2. The molecule has 44 heavy (non-hydrogen) atoms. The van der Waals surface area contributed by atoms with Crippen molar-refractivity contribution in [3.05, 3.63) is 84.7 Å². The van der Waals surface area contributed by atoms with Gasteiger partial charge in [0.2, 0.25) is 11.8 Å². The fourth-order valence-electron chi connectivity index (χ4n) is 5.26. The maximum Gasteiger partial charge on any atom is 0.227 e. The molecule has 5 rings (SSSR count). The van der Waals surface area contributed by atoms with E-state index in [2.05, 4.69) is 25.2 Å². The molecule has 4 aromatic rings. The van der Waals surface area contributed by atoms with Gasteiger partial charge in [0, 0.05) is 57.1 Å². The minimum atomic E-state index is -0.286. The van der Waals surface area contributed by atoms with Crippen LogP contribution in [0.5, 0.6) is 17.2 Å². The Morgan fingerprint density at radius 3 is 2.30 bits per heavy atom. The molecule has 2 aromatic heterocycles. The van der Waals surface area contributed by atoms with Crippen LogP contribution in [0.3, 0.4) is 0 Å². The van der Waals surface area contributed by atoms with Crippen molar-refractivity contribution in [1.29, 1.82) is 0 Å². The number of ether oxygens (including phenoxy) is 3. The van der Waals surface area contributed by atoms with E-state index in [1.54, 1.807) is 38.4 Å². The van der Waals surface area contributed by atoms with Crippen LogP contribution >= 0.6 is 0 Å². The van der Waals surface area contributed by atoms with E-state index in [1.807, 2.05) is 59.6 Å². The second-order valence-electron chi connectivity index (χ2n) is 10.4. The molecule has 2 amide bonds. The number of carbonyl (C=O) groups excluding carboxylic acids is 2. The van der Waals surface area contributed by atoms with E-state index in [1.165, 1.54) is 6.33 Å². The number of piperazine rings is 1. The Balaban J connectivity index is 1.28. The van der Waals surface area contributed by atoms with E-state index in [-0.39, 0.29) is 30.7 Å². The zero-order chi connectivity index (χ0) is 30.9. The average Bonchev–Trinajstić information content (AvgIpc) is 3.60. The van der Waals surface area contributed by atoms with Gasteiger partial charge in [0.05, 0.1) is 33.8 Å². The quantitative estimate of drug-likeness (QED) is 0.262. The lowest BCUT2D eigenvalue weighted by Crippen LogP contribution is -2.56. The number of benzene rings is 2. The summed E-state index contributed by atoms with van der Waals surface area (Å²) in [5, 5.41) is 3.05. The number of amides is 2. The number of nitrogens with one attached hydrogen (secondary N) is 1. The van der Waals surface area contributed by atoms with Crippen LogP contribution in [0.15, 0.2) is 73.6 Å². The summed E-state index contributed by atoms with van der Waals surface area (Å²) in [7, 11) is 4.83. The van der Waals surface area contributed by atoms with Gasteiger partial charge >= 0.3 is 0 Å². The third-order valence-corrected chi connectivity index (χ3v) is 7.62. The van der Waals surface area contributed by atoms with Crippen molar-refractivity contribution in [3.63, 3.8) is 0 Å². The largest absolute Gasteiger partial charge is 0.497 e. The highest BCUT2D eigenvalue weighted by molar-refractivity contribution is 5.80. The van der Waals surface area contributed by atoms with E-state index < -0.39 is 0 Å². The van der Waals surface area contributed by atoms with Gasteiger partial charge in [0.15, 0.2) is 0 Å². The summed E-state index contributed by atoms with van der Waals surface area (Å²) < 4.78 is 17.8. The molecule has 0 aliphatic carbocycles. The lowest BCUT2D eigenvalue weighted by atomic mass is 10.1. The van der Waals surface area contributed by atoms with Crippen LogP contribution in [0.4, 0.5) is 5.82 Å². The zero-order valence-electron chi connectivity index (χ0n) is 25.2. The minimum Gasteiger partial charge on any atom is -0.497 e. The fraction of sp³-hybridized carbons (Fsp3) is 0.344. The molecule has 1 aliphatic rings. The highest BCUT2D eigenvalue weighted by Gasteiger charge is 2.32. The van der Waals surface area contributed by atoms with Gasteiger partial charge in [-0.15, -0.1) is 0 Å². The van der Waals surface area contributed by atoms with Gasteiger partial charge < -0.3 is 29.3 Å². The summed E-state index contributed by atoms with van der Waals surface area (Å²) in [5.41, 5.74) is 1.89. The lowest BCUT2D eigenvalue weighted by Gasteiger charge is -2.42. The fourth-order valence-corrected chi connectivity index (χ4v) is 5.26. The Kier molecular flexibility index (Phi) is 9.90. The summed E-state index contributed by atoms with van der Waals surface area (Å²) in [5.74, 6) is 3.39. The summed E-state index contributed by atoms with van der Waals surface area (Å²) in [4.78, 5) is 43.6. The molecule has 0 bridgehead atoms. The number of hydrogen-bond acceptors (Lipinski definition) is 9. The molecule has 12 nitrogen and oxygen atoms in total. The van der Waals surface area contributed by atoms with Crippen LogP contribution in [0.2, 0.25) is 0 Å². The van der Waals surface area contributed by atoms with Gasteiger partial charge in [-0.2, -0.15) is 0 Å². The first-order valence-electron chi connectivity index (χ1n) is 14.4. The van der Waals surface area contributed by atoms with Gasteiger partial charge in [-0.3, -0.25) is 14.2 Å². The highest BCUT2D eigenvalue weighted by Crippen LogP contribution is 2.24. The van der Waals surface area contributed by atoms with E-state index >= 15 is 0 Å². The third kappa shape index (κ3) is 7.63. The van der Waals surface area contributed by atoms with Crippen LogP contribution in [-0.4, -0.2) is 89.8 Å². The number of carbonyl (C=O) groups is 2. The number of methoxy groups -OCH3 is 3. The Labute approximate surface area is 256 Å². The van der Waals surface area contributed by atoms with E-state index in [9.17, 15) is 9.59 Å². The van der Waals surface area contributed by atoms with Crippen LogP contribution < -0.4 is 24.4 Å². The molecule has 0 spiro atoms. The SMILES string of the molecule is COc1ccc(CC(=O)N2CCN(c3cc(-n4ccnc4)ncn3)C(CC(=O)NCCc3cc(OC)cc(OC)c3)C2)cc1. The van der Waals surface area contributed by atoms with Gasteiger partial charge in [0.25, 0.3) is 0 Å². The normalized spacial score (nSPS) is 14.7. The van der Waals surface area contributed by atoms with E-state index in [0.29, 0.717) is 55.7 Å². The van der Waals surface area contributed by atoms with E-state index in [0.717, 1.165) is 16.9 Å². The number of imidazole rings is 1. The standard InChI is InChI=1S/C32H37N7O5/c1-42-26-6-4-23(5-7-26)16-32(41)37-12-13-39(30-19-29(35-21-36-30)38-11-10-33-22-38)25(20-37)17-31(40)34-9-8-24-14-27(43-2)18-28(15-24)44-3/h4-7,10-11,14-15,18-19,21-22,25H,8-9,12-13,16-17,20H2,1-3H3,(H,34,40). The van der Waals surface area contributed by atoms with Crippen molar-refractivity contribution >= 4 is 17.6 Å². The van der Waals surface area contributed by atoms with Crippen molar-refractivity contribution in [2.75, 3.05) is 52.4 Å². The van der Waals surface area contributed by atoms with Gasteiger partial charge in [-0.05, 0) is 41.8 Å². The van der Waals surface area contributed by atoms with Crippen LogP contribution in [-0.2, 0) is 22.4 Å². The molecule has 1 unspecified atom stereocenters. The van der Waals surface area contributed by atoms with Crippen LogP contribution in [0, 0.1) is 0 Å². The number of rotatable bonds is 12. The topological polar surface area (TPSA) is 124 Å². The van der Waals surface area contributed by atoms with Crippen molar-refractivity contribution < 1.29 is 23.8 Å². The van der Waals surface area contributed by atoms with Gasteiger partial charge in [0.1, 0.15) is 41.5 Å². The average molecular weight is 600 g/mol. The summed E-state index contributed by atoms with van der Waals surface area (Å²) >= 11 is 0. The summed E-state index contributed by atoms with van der Waals surface area (Å²) in [6.07, 6.45) is 7.74. The molecular weight excluding hydrogens is 562 g/mol. The molecule has 1 N–H and O–H groups in total. The third-order valence-electron chi connectivity index (χ3n) is 7.62. The predicted octanol–water partition coefficient (Wildman–Crippen LogP) is 2.70. The molecule has 230 valence electrons. The molecule has 1 fully saturated rings. The molecule has 1 aliphatic heterocycles. The van der Waals surface area contributed by atoms with Crippen LogP contribution in [0.1, 0.15) is 17.5 Å². The molecular formula is C32H37N7O5. The predicted molar refractivity (Wildman–Crippen MR) is 164 cm³/mol. The molecule has 3 heterocycles. The number of aromatic nitrogens is 4. The molecule has 0 saturated carbocycles.